The molecule has 0 N–H and O–H groups in total. The molecule has 3 aliphatic rings. The fourth-order valence-electron chi connectivity index (χ4n) is 10.4. The Bertz CT molecular complexity index is 2190. The predicted molar refractivity (Wildman–Crippen MR) is 206 cm³/mol. The first kappa shape index (κ1) is 32.5. The lowest BCUT2D eigenvalue weighted by Crippen LogP contribution is -2.43. The van der Waals surface area contributed by atoms with E-state index in [1.165, 1.54) is 44.5 Å². The first-order valence-electron chi connectivity index (χ1n) is 18.9. The molecule has 258 valence electrons. The van der Waals surface area contributed by atoms with Crippen molar-refractivity contribution in [1.29, 1.82) is 0 Å². The van der Waals surface area contributed by atoms with Crippen LogP contribution in [0.5, 0.6) is 0 Å². The summed E-state index contributed by atoms with van der Waals surface area (Å²) in [6.07, 6.45) is 11.5. The molecule has 3 aromatic carbocycles. The van der Waals surface area contributed by atoms with Gasteiger partial charge in [-0.3, -0.25) is 19.7 Å². The number of carbonyl (C=O) groups excluding carboxylic acids is 1. The Labute approximate surface area is 306 Å². The van der Waals surface area contributed by atoms with Crippen molar-refractivity contribution in [2.45, 2.75) is 75.0 Å². The highest BCUT2D eigenvalue weighted by atomic mass is 16.5. The van der Waals surface area contributed by atoms with E-state index in [2.05, 4.69) is 116 Å². The summed E-state index contributed by atoms with van der Waals surface area (Å²) in [7, 11) is 0. The molecule has 52 heavy (non-hydrogen) atoms. The summed E-state index contributed by atoms with van der Waals surface area (Å²) < 4.78 is 5.60. The number of pyridine rings is 3. The van der Waals surface area contributed by atoms with Gasteiger partial charge in [0, 0.05) is 57.9 Å². The van der Waals surface area contributed by atoms with Crippen LogP contribution in [0.15, 0.2) is 128 Å². The Morgan fingerprint density at radius 2 is 0.923 bits per heavy atom. The molecule has 3 unspecified atom stereocenters. The van der Waals surface area contributed by atoms with Gasteiger partial charge in [0.2, 0.25) is 0 Å². The monoisotopic (exact) mass is 681 g/mol. The number of ether oxygens (including phenoxy) is 1. The van der Waals surface area contributed by atoms with Crippen LogP contribution in [0.4, 0.5) is 0 Å². The van der Waals surface area contributed by atoms with Crippen LogP contribution in [-0.4, -0.2) is 27.5 Å². The molecule has 0 saturated heterocycles. The molecular weight excluding hydrogens is 639 g/mol. The quantitative estimate of drug-likeness (QED) is 0.127. The van der Waals surface area contributed by atoms with Crippen LogP contribution in [0, 0.1) is 0 Å². The molecule has 3 heterocycles. The number of fused-ring (bicyclic) bond motifs is 9. The third-order valence-corrected chi connectivity index (χ3v) is 12.3. The van der Waals surface area contributed by atoms with Gasteiger partial charge in [-0.2, -0.15) is 0 Å². The van der Waals surface area contributed by atoms with Gasteiger partial charge in [-0.25, -0.2) is 0 Å². The molecule has 0 spiro atoms. The zero-order valence-corrected chi connectivity index (χ0v) is 29.9. The van der Waals surface area contributed by atoms with Gasteiger partial charge >= 0.3 is 5.97 Å². The minimum absolute atomic E-state index is 0.163. The second-order valence-electron chi connectivity index (χ2n) is 14.8. The maximum atomic E-state index is 13.3. The van der Waals surface area contributed by atoms with E-state index < -0.39 is 10.8 Å². The van der Waals surface area contributed by atoms with E-state index in [0.717, 1.165) is 54.7 Å². The number of carbonyl (C=O) groups is 1. The Morgan fingerprint density at radius 3 is 1.38 bits per heavy atom. The molecule has 3 aliphatic carbocycles. The first-order chi connectivity index (χ1) is 25.6. The Hall–Kier alpha value is -5.42. The van der Waals surface area contributed by atoms with Crippen LogP contribution in [-0.2, 0) is 25.8 Å². The van der Waals surface area contributed by atoms with Gasteiger partial charge < -0.3 is 4.74 Å². The molecule has 3 atom stereocenters. The van der Waals surface area contributed by atoms with E-state index >= 15 is 0 Å². The summed E-state index contributed by atoms with van der Waals surface area (Å²) in [5, 5.41) is 0. The molecular formula is C47H43N3O2. The van der Waals surface area contributed by atoms with Crippen LogP contribution in [0.2, 0.25) is 0 Å². The molecule has 0 bridgehead atoms. The zero-order valence-electron chi connectivity index (χ0n) is 29.9. The van der Waals surface area contributed by atoms with Crippen molar-refractivity contribution in [3.63, 3.8) is 0 Å². The zero-order chi connectivity index (χ0) is 35.3. The summed E-state index contributed by atoms with van der Waals surface area (Å²) in [5.41, 5.74) is 13.1. The first-order valence-corrected chi connectivity index (χ1v) is 18.9. The van der Waals surface area contributed by atoms with Crippen LogP contribution < -0.4 is 0 Å². The van der Waals surface area contributed by atoms with Gasteiger partial charge in [0.15, 0.2) is 0 Å². The lowest BCUT2D eigenvalue weighted by molar-refractivity contribution is -0.143. The number of hydrogen-bond donors (Lipinski definition) is 0. The number of benzene rings is 3. The molecule has 0 aliphatic heterocycles. The minimum Gasteiger partial charge on any atom is -0.466 e. The second kappa shape index (κ2) is 12.7. The summed E-state index contributed by atoms with van der Waals surface area (Å²) in [4.78, 5) is 28.6. The van der Waals surface area contributed by atoms with Crippen LogP contribution in [0.25, 0.3) is 33.8 Å². The van der Waals surface area contributed by atoms with Gasteiger partial charge in [-0.05, 0) is 84.2 Å². The van der Waals surface area contributed by atoms with Crippen LogP contribution in [0.3, 0.4) is 0 Å². The van der Waals surface area contributed by atoms with Crippen molar-refractivity contribution in [3.8, 4) is 33.8 Å². The number of aromatic nitrogens is 3. The second-order valence-corrected chi connectivity index (χ2v) is 14.8. The minimum atomic E-state index is -0.528. The number of rotatable bonds is 11. The summed E-state index contributed by atoms with van der Waals surface area (Å²) in [6.45, 7) is 4.54. The summed E-state index contributed by atoms with van der Waals surface area (Å²) in [5.74, 6) is -0.163. The highest BCUT2D eigenvalue weighted by molar-refractivity contribution is 5.84. The van der Waals surface area contributed by atoms with E-state index in [9.17, 15) is 4.79 Å². The average molecular weight is 682 g/mol. The molecule has 5 nitrogen and oxygen atoms in total. The number of esters is 1. The highest BCUT2D eigenvalue weighted by Crippen LogP contribution is 2.65. The SMILES string of the molecule is CCCCC1(CC2(CC3(CCC(=O)OCC)c4ccccc4-c4ncccc43)c3ccccc3-c3ncccc32)c2ccccc2-c2ncccc21. The molecule has 0 amide bonds. The Kier molecular flexibility index (Phi) is 7.91. The van der Waals surface area contributed by atoms with E-state index in [4.69, 9.17) is 19.7 Å². The van der Waals surface area contributed by atoms with E-state index in [1.54, 1.807) is 0 Å². The molecule has 6 aromatic rings. The van der Waals surface area contributed by atoms with Crippen molar-refractivity contribution < 1.29 is 9.53 Å². The molecule has 3 aromatic heterocycles. The van der Waals surface area contributed by atoms with Crippen molar-refractivity contribution >= 4 is 5.97 Å². The van der Waals surface area contributed by atoms with E-state index in [1.807, 2.05) is 25.5 Å². The Morgan fingerprint density at radius 1 is 0.519 bits per heavy atom. The van der Waals surface area contributed by atoms with Crippen LogP contribution >= 0.6 is 0 Å². The maximum Gasteiger partial charge on any atom is 0.305 e. The number of unbranched alkanes of at least 4 members (excludes halogenated alkanes) is 1. The standard InChI is InChI=1S/C47H43N3O2/c1-3-5-25-45(35-18-9-6-15-32(35)42-38(45)21-12-27-48-42)30-47(37-20-11-8-17-34(37)44-40(47)23-14-29-50-44)31-46(26-24-41(51)52-4-2)36-19-10-7-16-33(36)43-39(46)22-13-28-49-43/h6-23,27-29H,3-5,24-26,30-31H2,1-2H3. The van der Waals surface area contributed by atoms with Gasteiger partial charge in [0.05, 0.1) is 23.7 Å². The Balaban J connectivity index is 1.35. The topological polar surface area (TPSA) is 65.0 Å². The normalized spacial score (nSPS) is 21.4. The van der Waals surface area contributed by atoms with Gasteiger partial charge in [-0.15, -0.1) is 0 Å². The number of nitrogens with zero attached hydrogens (tertiary/aromatic N) is 3. The molecule has 0 fully saturated rings. The average Bonchev–Trinajstić information content (AvgIpc) is 3.74. The molecule has 9 rings (SSSR count). The van der Waals surface area contributed by atoms with Crippen molar-refractivity contribution in [3.05, 3.63) is 161 Å². The lowest BCUT2D eigenvalue weighted by atomic mass is 9.55. The fourth-order valence-corrected chi connectivity index (χ4v) is 10.4. The lowest BCUT2D eigenvalue weighted by Gasteiger charge is -2.47. The van der Waals surface area contributed by atoms with E-state index in [-0.39, 0.29) is 11.4 Å². The number of hydrogen-bond acceptors (Lipinski definition) is 5. The maximum absolute atomic E-state index is 13.3. The third-order valence-electron chi connectivity index (χ3n) is 12.3. The van der Waals surface area contributed by atoms with Crippen molar-refractivity contribution in [1.82, 2.24) is 15.0 Å². The van der Waals surface area contributed by atoms with Crippen molar-refractivity contribution in [2.24, 2.45) is 0 Å². The summed E-state index contributed by atoms with van der Waals surface area (Å²) in [6, 6.07) is 39.8. The largest absolute Gasteiger partial charge is 0.466 e. The van der Waals surface area contributed by atoms with Gasteiger partial charge in [0.1, 0.15) is 0 Å². The third kappa shape index (κ3) is 4.67. The van der Waals surface area contributed by atoms with E-state index in [0.29, 0.717) is 19.4 Å². The fraction of sp³-hybridized carbons (Fsp3) is 0.277. The molecule has 0 radical (unpaired) electrons. The highest BCUT2D eigenvalue weighted by Gasteiger charge is 2.58. The van der Waals surface area contributed by atoms with Gasteiger partial charge in [-0.1, -0.05) is 111 Å². The predicted octanol–water partition coefficient (Wildman–Crippen LogP) is 10.4. The molecule has 5 heteroatoms. The van der Waals surface area contributed by atoms with Crippen molar-refractivity contribution in [2.75, 3.05) is 6.61 Å². The van der Waals surface area contributed by atoms with Crippen LogP contribution in [0.1, 0.15) is 92.2 Å². The smallest absolute Gasteiger partial charge is 0.305 e. The molecule has 0 saturated carbocycles. The summed E-state index contributed by atoms with van der Waals surface area (Å²) >= 11 is 0. The van der Waals surface area contributed by atoms with Gasteiger partial charge in [0.25, 0.3) is 0 Å².